The average molecular weight is 268 g/mol. The zero-order chi connectivity index (χ0) is 14.0. The Morgan fingerprint density at radius 3 is 2.26 bits per heavy atom. The summed E-state index contributed by atoms with van der Waals surface area (Å²) in [5.41, 5.74) is 4.58. The molecule has 8 heteroatoms. The summed E-state index contributed by atoms with van der Waals surface area (Å²) in [6.45, 7) is -0.351. The van der Waals surface area contributed by atoms with Crippen LogP contribution in [0.1, 0.15) is 25.7 Å². The first-order chi connectivity index (χ1) is 8.99. The zero-order valence-corrected chi connectivity index (χ0v) is 10.4. The van der Waals surface area contributed by atoms with Gasteiger partial charge in [0.1, 0.15) is 18.5 Å². The third-order valence-electron chi connectivity index (χ3n) is 3.70. The predicted molar refractivity (Wildman–Crippen MR) is 64.0 cm³/mol. The van der Waals surface area contributed by atoms with Gasteiger partial charge in [0.2, 0.25) is 17.7 Å². The van der Waals surface area contributed by atoms with Gasteiger partial charge < -0.3 is 15.8 Å². The molecule has 0 atom stereocenters. The maximum Gasteiger partial charge on any atom is 0.246 e. The van der Waals surface area contributed by atoms with Gasteiger partial charge in [0.05, 0.1) is 0 Å². The fourth-order valence-electron chi connectivity index (χ4n) is 2.74. The lowest BCUT2D eigenvalue weighted by molar-refractivity contribution is -0.149. The van der Waals surface area contributed by atoms with Crippen molar-refractivity contribution in [3.05, 3.63) is 0 Å². The molecule has 8 nitrogen and oxygen atoms in total. The van der Waals surface area contributed by atoms with E-state index in [1.54, 1.807) is 0 Å². The first-order valence-corrected chi connectivity index (χ1v) is 6.09. The Labute approximate surface area is 109 Å². The number of carbonyl (C=O) groups is 3. The summed E-state index contributed by atoms with van der Waals surface area (Å²) in [4.78, 5) is 36.3. The molecule has 0 aromatic rings. The minimum Gasteiger partial charge on any atom is -0.409 e. The maximum absolute atomic E-state index is 12.5. The molecule has 0 radical (unpaired) electrons. The quantitative estimate of drug-likeness (QED) is 0.190. The first kappa shape index (κ1) is 13.3. The number of imide groups is 1. The van der Waals surface area contributed by atoms with Crippen molar-refractivity contribution >= 4 is 23.6 Å². The summed E-state index contributed by atoms with van der Waals surface area (Å²) < 4.78 is 0. The van der Waals surface area contributed by atoms with Crippen molar-refractivity contribution in [3.8, 4) is 0 Å². The summed E-state index contributed by atoms with van der Waals surface area (Å²) in [5.74, 6) is -1.59. The number of amidine groups is 1. The van der Waals surface area contributed by atoms with E-state index in [2.05, 4.69) is 10.5 Å². The fraction of sp³-hybridized carbons (Fsp3) is 0.636. The Kier molecular flexibility index (Phi) is 3.41. The highest BCUT2D eigenvalue weighted by atomic mass is 16.4. The van der Waals surface area contributed by atoms with Crippen molar-refractivity contribution < 1.29 is 19.6 Å². The van der Waals surface area contributed by atoms with Crippen LogP contribution in [0.15, 0.2) is 5.16 Å². The molecular formula is C11H16N4O4. The normalized spacial score (nSPS) is 23.4. The van der Waals surface area contributed by atoms with Crippen molar-refractivity contribution in [2.75, 3.05) is 13.1 Å². The van der Waals surface area contributed by atoms with E-state index in [9.17, 15) is 14.4 Å². The van der Waals surface area contributed by atoms with Crippen LogP contribution in [-0.4, -0.2) is 46.8 Å². The van der Waals surface area contributed by atoms with Gasteiger partial charge in [0, 0.05) is 0 Å². The van der Waals surface area contributed by atoms with Crippen molar-refractivity contribution in [1.29, 1.82) is 0 Å². The number of carbonyl (C=O) groups excluding carboxylic acids is 3. The fourth-order valence-corrected chi connectivity index (χ4v) is 2.74. The number of amides is 3. The lowest BCUT2D eigenvalue weighted by Crippen LogP contribution is -2.58. The molecule has 1 aliphatic carbocycles. The molecule has 19 heavy (non-hydrogen) atoms. The molecule has 0 aromatic heterocycles. The Hall–Kier alpha value is -2.12. The van der Waals surface area contributed by atoms with E-state index in [-0.39, 0.29) is 18.9 Å². The minimum atomic E-state index is -1.08. The Balaban J connectivity index is 2.25. The van der Waals surface area contributed by atoms with Crippen LogP contribution in [0.2, 0.25) is 0 Å². The zero-order valence-electron chi connectivity index (χ0n) is 10.4. The number of hydrogen-bond acceptors (Lipinski definition) is 5. The molecule has 0 aromatic carbocycles. The number of rotatable bonds is 2. The lowest BCUT2D eigenvalue weighted by Gasteiger charge is -2.34. The van der Waals surface area contributed by atoms with E-state index in [4.69, 9.17) is 10.9 Å². The average Bonchev–Trinajstić information content (AvgIpc) is 2.86. The third kappa shape index (κ3) is 2.25. The van der Waals surface area contributed by atoms with Gasteiger partial charge in [-0.1, -0.05) is 18.0 Å². The highest BCUT2D eigenvalue weighted by molar-refractivity contribution is 6.10. The number of nitrogens with zero attached hydrogens (tertiary/aromatic N) is 2. The van der Waals surface area contributed by atoms with Gasteiger partial charge in [-0.3, -0.25) is 19.7 Å². The molecule has 0 bridgehead atoms. The van der Waals surface area contributed by atoms with E-state index in [0.29, 0.717) is 12.8 Å². The molecule has 0 spiro atoms. The van der Waals surface area contributed by atoms with Crippen LogP contribution < -0.4 is 11.1 Å². The summed E-state index contributed by atoms with van der Waals surface area (Å²) >= 11 is 0. The van der Waals surface area contributed by atoms with Crippen LogP contribution >= 0.6 is 0 Å². The van der Waals surface area contributed by atoms with Crippen LogP contribution in [0.4, 0.5) is 0 Å². The monoisotopic (exact) mass is 268 g/mol. The molecular weight excluding hydrogens is 252 g/mol. The standard InChI is InChI=1S/C11H16N4O4/c12-9(14-19)11(3-1-2-4-11)10(18)15-5-7(16)13-8(17)6-15/h19H,1-6H2,(H2,12,14)(H,13,16,17). The third-order valence-corrected chi connectivity index (χ3v) is 3.70. The van der Waals surface area contributed by atoms with Crippen molar-refractivity contribution in [3.63, 3.8) is 0 Å². The Morgan fingerprint density at radius 2 is 1.79 bits per heavy atom. The smallest absolute Gasteiger partial charge is 0.246 e. The SMILES string of the molecule is NC(=NO)C1(C(=O)N2CC(=O)NC(=O)C2)CCCC1. The van der Waals surface area contributed by atoms with Gasteiger partial charge in [-0.05, 0) is 12.8 Å². The largest absolute Gasteiger partial charge is 0.409 e. The summed E-state index contributed by atoms with van der Waals surface area (Å²) in [6, 6.07) is 0. The number of nitrogens with two attached hydrogens (primary N) is 1. The molecule has 1 saturated carbocycles. The topological polar surface area (TPSA) is 125 Å². The molecule has 104 valence electrons. The van der Waals surface area contributed by atoms with Gasteiger partial charge in [-0.2, -0.15) is 0 Å². The van der Waals surface area contributed by atoms with Crippen LogP contribution in [0, 0.1) is 5.41 Å². The number of piperazine rings is 1. The predicted octanol–water partition coefficient (Wildman–Crippen LogP) is -1.22. The molecule has 1 heterocycles. The highest BCUT2D eigenvalue weighted by Gasteiger charge is 2.48. The molecule has 1 aliphatic heterocycles. The van der Waals surface area contributed by atoms with Gasteiger partial charge in [-0.25, -0.2) is 0 Å². The van der Waals surface area contributed by atoms with E-state index in [1.807, 2.05) is 0 Å². The van der Waals surface area contributed by atoms with Crippen molar-refractivity contribution in [2.45, 2.75) is 25.7 Å². The van der Waals surface area contributed by atoms with E-state index in [1.165, 1.54) is 4.90 Å². The van der Waals surface area contributed by atoms with Gasteiger partial charge in [0.15, 0.2) is 5.84 Å². The van der Waals surface area contributed by atoms with Crippen LogP contribution in [-0.2, 0) is 14.4 Å². The molecule has 2 aliphatic rings. The van der Waals surface area contributed by atoms with Crippen LogP contribution in [0.5, 0.6) is 0 Å². The van der Waals surface area contributed by atoms with Gasteiger partial charge >= 0.3 is 0 Å². The van der Waals surface area contributed by atoms with Crippen LogP contribution in [0.25, 0.3) is 0 Å². The molecule has 2 rings (SSSR count). The molecule has 1 saturated heterocycles. The van der Waals surface area contributed by atoms with E-state index in [0.717, 1.165) is 12.8 Å². The second-order valence-corrected chi connectivity index (χ2v) is 4.91. The van der Waals surface area contributed by atoms with Crippen molar-refractivity contribution in [2.24, 2.45) is 16.3 Å². The molecule has 2 fully saturated rings. The van der Waals surface area contributed by atoms with Gasteiger partial charge in [0.25, 0.3) is 0 Å². The minimum absolute atomic E-state index is 0.145. The van der Waals surface area contributed by atoms with Crippen LogP contribution in [0.3, 0.4) is 0 Å². The van der Waals surface area contributed by atoms with E-state index >= 15 is 0 Å². The number of hydrogen-bond donors (Lipinski definition) is 3. The number of nitrogens with one attached hydrogen (secondary N) is 1. The Bertz CT molecular complexity index is 438. The molecule has 3 amide bonds. The second-order valence-electron chi connectivity index (χ2n) is 4.91. The second kappa shape index (κ2) is 4.87. The molecule has 0 unspecified atom stereocenters. The summed E-state index contributed by atoms with van der Waals surface area (Å²) in [5, 5.41) is 13.9. The lowest BCUT2D eigenvalue weighted by atomic mass is 9.83. The first-order valence-electron chi connectivity index (χ1n) is 6.09. The highest BCUT2D eigenvalue weighted by Crippen LogP contribution is 2.40. The number of oxime groups is 1. The molecule has 4 N–H and O–H groups in total. The summed E-state index contributed by atoms with van der Waals surface area (Å²) in [6.07, 6.45) is 2.51. The summed E-state index contributed by atoms with van der Waals surface area (Å²) in [7, 11) is 0. The van der Waals surface area contributed by atoms with Gasteiger partial charge in [-0.15, -0.1) is 0 Å². The van der Waals surface area contributed by atoms with Crippen molar-refractivity contribution in [1.82, 2.24) is 10.2 Å². The maximum atomic E-state index is 12.5. The Morgan fingerprint density at radius 1 is 1.26 bits per heavy atom. The van der Waals surface area contributed by atoms with E-state index < -0.39 is 23.1 Å².